The van der Waals surface area contributed by atoms with Gasteiger partial charge < -0.3 is 5.32 Å². The van der Waals surface area contributed by atoms with Gasteiger partial charge in [0.25, 0.3) is 10.0 Å². The van der Waals surface area contributed by atoms with E-state index in [1.807, 2.05) is 13.8 Å². The van der Waals surface area contributed by atoms with Crippen LogP contribution in [0.5, 0.6) is 0 Å². The van der Waals surface area contributed by atoms with E-state index in [1.54, 1.807) is 0 Å². The van der Waals surface area contributed by atoms with Crippen LogP contribution in [-0.4, -0.2) is 31.9 Å². The quantitative estimate of drug-likeness (QED) is 0.820. The van der Waals surface area contributed by atoms with Gasteiger partial charge in [0.15, 0.2) is 8.68 Å². The van der Waals surface area contributed by atoms with Crippen molar-refractivity contribution in [3.05, 3.63) is 10.7 Å². The second-order valence-electron chi connectivity index (χ2n) is 3.80. The van der Waals surface area contributed by atoms with Crippen LogP contribution in [-0.2, 0) is 14.8 Å². The fourth-order valence-electron chi connectivity index (χ4n) is 1.13. The average molecular weight is 312 g/mol. The summed E-state index contributed by atoms with van der Waals surface area (Å²) in [4.78, 5) is 15.0. The number of sulfonamides is 1. The topological polar surface area (TPSA) is 88.2 Å². The number of carbonyl (C=O) groups excluding carboxylic acids is 1. The van der Waals surface area contributed by atoms with Crippen molar-refractivity contribution in [2.24, 2.45) is 0 Å². The van der Waals surface area contributed by atoms with Crippen LogP contribution in [0.4, 0.5) is 0 Å². The van der Waals surface area contributed by atoms with E-state index in [9.17, 15) is 13.2 Å². The number of aromatic nitrogens is 1. The Hall–Kier alpha value is -0.700. The molecule has 1 aromatic rings. The lowest BCUT2D eigenvalue weighted by Crippen LogP contribution is -2.33. The van der Waals surface area contributed by atoms with Gasteiger partial charge in [-0.25, -0.2) is 18.1 Å². The van der Waals surface area contributed by atoms with Crippen molar-refractivity contribution in [1.29, 1.82) is 0 Å². The predicted molar refractivity (Wildman–Crippen MR) is 70.2 cm³/mol. The van der Waals surface area contributed by atoms with E-state index in [-0.39, 0.29) is 33.6 Å². The number of nitrogens with zero attached hydrogens (tertiary/aromatic N) is 1. The Labute approximate surface area is 115 Å². The molecule has 0 aromatic carbocycles. The van der Waals surface area contributed by atoms with E-state index in [2.05, 4.69) is 15.0 Å². The van der Waals surface area contributed by atoms with Gasteiger partial charge in [-0.15, -0.1) is 0 Å². The molecule has 0 atom stereocenters. The smallest absolute Gasteiger partial charge is 0.251 e. The number of hydrogen-bond donors (Lipinski definition) is 2. The Morgan fingerprint density at radius 1 is 1.56 bits per heavy atom. The van der Waals surface area contributed by atoms with Crippen LogP contribution in [0.15, 0.2) is 10.4 Å². The summed E-state index contributed by atoms with van der Waals surface area (Å²) in [5.74, 6) is -0.199. The van der Waals surface area contributed by atoms with E-state index in [0.717, 1.165) is 11.3 Å². The summed E-state index contributed by atoms with van der Waals surface area (Å²) in [5, 5.41) is 2.67. The van der Waals surface area contributed by atoms with Gasteiger partial charge in [0, 0.05) is 19.0 Å². The minimum Gasteiger partial charge on any atom is -0.354 e. The fourth-order valence-corrected chi connectivity index (χ4v) is 3.50. The summed E-state index contributed by atoms with van der Waals surface area (Å²) in [5.41, 5.74) is 0. The third-order valence-electron chi connectivity index (χ3n) is 1.81. The molecule has 6 nitrogen and oxygen atoms in total. The molecule has 18 heavy (non-hydrogen) atoms. The van der Waals surface area contributed by atoms with Gasteiger partial charge in [-0.1, -0.05) is 22.9 Å². The maximum absolute atomic E-state index is 11.7. The molecule has 0 aliphatic rings. The monoisotopic (exact) mass is 311 g/mol. The highest BCUT2D eigenvalue weighted by Gasteiger charge is 2.17. The summed E-state index contributed by atoms with van der Waals surface area (Å²) in [6, 6.07) is 0.0365. The molecule has 1 rings (SSSR count). The molecule has 1 aromatic heterocycles. The van der Waals surface area contributed by atoms with Crippen LogP contribution in [0.2, 0.25) is 4.47 Å². The van der Waals surface area contributed by atoms with E-state index in [4.69, 9.17) is 11.6 Å². The first-order valence-electron chi connectivity index (χ1n) is 5.21. The average Bonchev–Trinajstić information content (AvgIpc) is 2.64. The number of halogens is 1. The molecule has 0 unspecified atom stereocenters. The van der Waals surface area contributed by atoms with Crippen LogP contribution >= 0.6 is 22.9 Å². The minimum atomic E-state index is -3.62. The van der Waals surface area contributed by atoms with Crippen LogP contribution in [0.25, 0.3) is 0 Å². The standard InChI is InChI=1S/C9H14ClN3O3S2/c1-6(2)13-7(14)3-4-12-18(15,16)8-5-11-9(10)17-8/h5-6,12H,3-4H2,1-2H3,(H,13,14). The highest BCUT2D eigenvalue weighted by Crippen LogP contribution is 2.21. The van der Waals surface area contributed by atoms with Crippen LogP contribution in [0, 0.1) is 0 Å². The van der Waals surface area contributed by atoms with E-state index < -0.39 is 10.0 Å². The molecule has 1 amide bonds. The normalized spacial score (nSPS) is 11.8. The molecular weight excluding hydrogens is 298 g/mol. The number of nitrogens with one attached hydrogen (secondary N) is 2. The van der Waals surface area contributed by atoms with Crippen molar-refractivity contribution >= 4 is 38.9 Å². The lowest BCUT2D eigenvalue weighted by molar-refractivity contribution is -0.121. The Kier molecular flexibility index (Phi) is 5.51. The Morgan fingerprint density at radius 2 is 2.22 bits per heavy atom. The first-order chi connectivity index (χ1) is 8.31. The van der Waals surface area contributed by atoms with Crippen molar-refractivity contribution in [1.82, 2.24) is 15.0 Å². The van der Waals surface area contributed by atoms with Gasteiger partial charge in [0.05, 0.1) is 6.20 Å². The highest BCUT2D eigenvalue weighted by atomic mass is 35.5. The minimum absolute atomic E-state index is 0.0365. The van der Waals surface area contributed by atoms with Crippen LogP contribution < -0.4 is 10.0 Å². The maximum Gasteiger partial charge on any atom is 0.251 e. The first kappa shape index (κ1) is 15.4. The molecule has 2 N–H and O–H groups in total. The van der Waals surface area contributed by atoms with Crippen LogP contribution in [0.3, 0.4) is 0 Å². The largest absolute Gasteiger partial charge is 0.354 e. The van der Waals surface area contributed by atoms with Crippen molar-refractivity contribution in [2.45, 2.75) is 30.5 Å². The second-order valence-corrected chi connectivity index (χ2v) is 7.41. The number of thiazole rings is 1. The van der Waals surface area contributed by atoms with Crippen LogP contribution in [0.1, 0.15) is 20.3 Å². The summed E-state index contributed by atoms with van der Waals surface area (Å²) in [7, 11) is -3.62. The van der Waals surface area contributed by atoms with Gasteiger partial charge in [0.2, 0.25) is 5.91 Å². The Bertz CT molecular complexity index is 513. The Balaban J connectivity index is 2.46. The van der Waals surface area contributed by atoms with E-state index in [0.29, 0.717) is 0 Å². The molecule has 0 aliphatic heterocycles. The van der Waals surface area contributed by atoms with Gasteiger partial charge in [-0.05, 0) is 13.8 Å². The summed E-state index contributed by atoms with van der Waals surface area (Å²) in [6.07, 6.45) is 1.27. The number of amides is 1. The SMILES string of the molecule is CC(C)NC(=O)CCNS(=O)(=O)c1cnc(Cl)s1. The lowest BCUT2D eigenvalue weighted by atomic mass is 10.3. The lowest BCUT2D eigenvalue weighted by Gasteiger charge is -2.08. The van der Waals surface area contributed by atoms with E-state index in [1.165, 1.54) is 6.20 Å². The molecular formula is C9H14ClN3O3S2. The second kappa shape index (κ2) is 6.46. The maximum atomic E-state index is 11.7. The third-order valence-corrected chi connectivity index (χ3v) is 4.85. The number of hydrogen-bond acceptors (Lipinski definition) is 5. The zero-order valence-corrected chi connectivity index (χ0v) is 12.3. The first-order valence-corrected chi connectivity index (χ1v) is 7.89. The molecule has 0 spiro atoms. The molecule has 0 saturated carbocycles. The van der Waals surface area contributed by atoms with Crippen molar-refractivity contribution in [2.75, 3.05) is 6.54 Å². The zero-order chi connectivity index (χ0) is 13.8. The van der Waals surface area contributed by atoms with Crippen molar-refractivity contribution in [3.8, 4) is 0 Å². The molecule has 0 bridgehead atoms. The Morgan fingerprint density at radius 3 is 2.72 bits per heavy atom. The highest BCUT2D eigenvalue weighted by molar-refractivity contribution is 7.91. The molecule has 0 fully saturated rings. The third kappa shape index (κ3) is 4.89. The number of rotatable bonds is 6. The molecule has 1 heterocycles. The zero-order valence-electron chi connectivity index (χ0n) is 9.94. The van der Waals surface area contributed by atoms with Gasteiger partial charge in [-0.3, -0.25) is 4.79 Å². The summed E-state index contributed by atoms with van der Waals surface area (Å²) < 4.78 is 26.0. The molecule has 102 valence electrons. The van der Waals surface area contributed by atoms with Crippen molar-refractivity contribution in [3.63, 3.8) is 0 Å². The molecule has 0 aliphatic carbocycles. The van der Waals surface area contributed by atoms with E-state index >= 15 is 0 Å². The fraction of sp³-hybridized carbons (Fsp3) is 0.556. The van der Waals surface area contributed by atoms with Gasteiger partial charge >= 0.3 is 0 Å². The van der Waals surface area contributed by atoms with Gasteiger partial charge in [-0.2, -0.15) is 0 Å². The summed E-state index contributed by atoms with van der Waals surface area (Å²) in [6.45, 7) is 3.71. The summed E-state index contributed by atoms with van der Waals surface area (Å²) >= 11 is 6.43. The predicted octanol–water partition coefficient (Wildman–Crippen LogP) is 0.990. The van der Waals surface area contributed by atoms with Crippen molar-refractivity contribution < 1.29 is 13.2 Å². The molecule has 0 radical (unpaired) electrons. The molecule has 0 saturated heterocycles. The molecule has 9 heteroatoms. The van der Waals surface area contributed by atoms with Gasteiger partial charge in [0.1, 0.15) is 0 Å². The number of carbonyl (C=O) groups is 1.